The molecular formula is C23H17F4N3O3. The van der Waals surface area contributed by atoms with Crippen LogP contribution < -0.4 is 10.1 Å². The first-order chi connectivity index (χ1) is 15.8. The van der Waals surface area contributed by atoms with Gasteiger partial charge in [0, 0.05) is 12.3 Å². The third-order valence-electron chi connectivity index (χ3n) is 4.63. The normalized spacial score (nSPS) is 10.9. The number of carbonyl (C=O) groups is 1. The number of ether oxygens (including phenoxy) is 1. The lowest BCUT2D eigenvalue weighted by molar-refractivity contribution is 0.0992. The van der Waals surface area contributed by atoms with Crippen molar-refractivity contribution in [3.8, 4) is 5.75 Å². The third-order valence-corrected chi connectivity index (χ3v) is 4.63. The van der Waals surface area contributed by atoms with Crippen molar-refractivity contribution in [3.63, 3.8) is 0 Å². The number of benzene rings is 2. The molecule has 0 saturated heterocycles. The highest BCUT2D eigenvalue weighted by atomic mass is 19.2. The van der Waals surface area contributed by atoms with E-state index in [2.05, 4.69) is 10.4 Å². The molecule has 10 heteroatoms. The molecule has 2 heterocycles. The average Bonchev–Trinajstić information content (AvgIpc) is 3.42. The summed E-state index contributed by atoms with van der Waals surface area (Å²) in [5.41, 5.74) is 2.61. The summed E-state index contributed by atoms with van der Waals surface area (Å²) in [7, 11) is 0. The van der Waals surface area contributed by atoms with Crippen molar-refractivity contribution < 1.29 is 31.5 Å². The van der Waals surface area contributed by atoms with E-state index in [1.165, 1.54) is 18.3 Å². The molecule has 4 aromatic rings. The van der Waals surface area contributed by atoms with Crippen LogP contribution in [0.4, 0.5) is 23.2 Å². The van der Waals surface area contributed by atoms with E-state index in [9.17, 15) is 22.4 Å². The van der Waals surface area contributed by atoms with Gasteiger partial charge in [-0.1, -0.05) is 29.8 Å². The van der Waals surface area contributed by atoms with Gasteiger partial charge in [-0.15, -0.1) is 0 Å². The van der Waals surface area contributed by atoms with E-state index in [-0.39, 0.29) is 17.6 Å². The molecule has 0 atom stereocenters. The first-order valence-electron chi connectivity index (χ1n) is 9.74. The zero-order valence-electron chi connectivity index (χ0n) is 17.2. The third kappa shape index (κ3) is 5.05. The van der Waals surface area contributed by atoms with Gasteiger partial charge in [0.2, 0.25) is 11.6 Å². The highest BCUT2D eigenvalue weighted by Gasteiger charge is 2.21. The van der Waals surface area contributed by atoms with Crippen LogP contribution in [0.25, 0.3) is 0 Å². The smallest absolute Gasteiger partial charge is 0.291 e. The van der Waals surface area contributed by atoms with Crippen molar-refractivity contribution in [2.24, 2.45) is 0 Å². The Bertz CT molecular complexity index is 1290. The predicted molar refractivity (Wildman–Crippen MR) is 110 cm³/mol. The Hall–Kier alpha value is -4.08. The first-order valence-corrected chi connectivity index (χ1v) is 9.74. The predicted octanol–water partition coefficient (Wildman–Crippen LogP) is 5.22. The number of hydrogen-bond acceptors (Lipinski definition) is 4. The van der Waals surface area contributed by atoms with Gasteiger partial charge in [0.1, 0.15) is 12.4 Å². The summed E-state index contributed by atoms with van der Waals surface area (Å²) in [5.74, 6) is -8.41. The number of amides is 1. The van der Waals surface area contributed by atoms with Gasteiger partial charge in [0.25, 0.3) is 5.91 Å². The minimum atomic E-state index is -1.67. The molecule has 1 N–H and O–H groups in total. The summed E-state index contributed by atoms with van der Waals surface area (Å²) in [6.07, 6.45) is 3.13. The number of nitrogens with one attached hydrogen (secondary N) is 1. The van der Waals surface area contributed by atoms with Crippen LogP contribution in [-0.4, -0.2) is 15.7 Å². The van der Waals surface area contributed by atoms with Crippen molar-refractivity contribution in [3.05, 3.63) is 101 Å². The van der Waals surface area contributed by atoms with Gasteiger partial charge in [-0.25, -0.2) is 8.78 Å². The van der Waals surface area contributed by atoms with Gasteiger partial charge in [0.15, 0.2) is 23.1 Å². The second-order valence-corrected chi connectivity index (χ2v) is 7.22. The zero-order valence-corrected chi connectivity index (χ0v) is 17.2. The van der Waals surface area contributed by atoms with Crippen molar-refractivity contribution in [1.29, 1.82) is 0 Å². The topological polar surface area (TPSA) is 69.3 Å². The van der Waals surface area contributed by atoms with Crippen molar-refractivity contribution in [1.82, 2.24) is 9.78 Å². The molecule has 33 heavy (non-hydrogen) atoms. The van der Waals surface area contributed by atoms with E-state index in [1.54, 1.807) is 10.9 Å². The quantitative estimate of drug-likeness (QED) is 0.304. The maximum absolute atomic E-state index is 13.7. The number of hydrogen-bond donors (Lipinski definition) is 1. The standard InChI is InChI=1S/C23H17F4N3O3/c1-13-3-2-4-14(7-13)10-30-11-15(9-28-30)29-23(31)19-6-5-16(33-19)12-32-22-20(26)17(24)8-18(25)21(22)27/h2-9,11H,10,12H2,1H3,(H,29,31). The van der Waals surface area contributed by atoms with E-state index in [0.29, 0.717) is 12.2 Å². The Morgan fingerprint density at radius 1 is 1.09 bits per heavy atom. The van der Waals surface area contributed by atoms with Crippen LogP contribution in [0.15, 0.2) is 59.3 Å². The van der Waals surface area contributed by atoms with Gasteiger partial charge in [0.05, 0.1) is 18.4 Å². The molecule has 2 aromatic carbocycles. The molecule has 4 rings (SSSR count). The number of halogens is 4. The number of anilines is 1. The Kier molecular flexibility index (Phi) is 6.16. The SMILES string of the molecule is Cc1cccc(Cn2cc(NC(=O)c3ccc(COc4c(F)c(F)cc(F)c4F)o3)cn2)c1. The maximum atomic E-state index is 13.7. The molecule has 1 amide bonds. The molecule has 0 saturated carbocycles. The lowest BCUT2D eigenvalue weighted by atomic mass is 10.1. The fourth-order valence-electron chi connectivity index (χ4n) is 3.10. The van der Waals surface area contributed by atoms with Crippen LogP contribution in [0.5, 0.6) is 5.75 Å². The van der Waals surface area contributed by atoms with Gasteiger partial charge in [-0.3, -0.25) is 9.48 Å². The van der Waals surface area contributed by atoms with Crippen LogP contribution in [-0.2, 0) is 13.2 Å². The molecule has 6 nitrogen and oxygen atoms in total. The van der Waals surface area contributed by atoms with Gasteiger partial charge < -0.3 is 14.5 Å². The van der Waals surface area contributed by atoms with Crippen molar-refractivity contribution in [2.75, 3.05) is 5.32 Å². The molecule has 0 spiro atoms. The molecule has 0 aliphatic heterocycles. The average molecular weight is 459 g/mol. The Labute approximate surface area is 185 Å². The Morgan fingerprint density at radius 3 is 2.58 bits per heavy atom. The summed E-state index contributed by atoms with van der Waals surface area (Å²) >= 11 is 0. The van der Waals surface area contributed by atoms with Crippen LogP contribution in [0.3, 0.4) is 0 Å². The van der Waals surface area contributed by atoms with E-state index < -0.39 is 41.5 Å². The van der Waals surface area contributed by atoms with E-state index in [1.807, 2.05) is 31.2 Å². The fourth-order valence-corrected chi connectivity index (χ4v) is 3.10. The number of nitrogens with zero attached hydrogens (tertiary/aromatic N) is 2. The summed E-state index contributed by atoms with van der Waals surface area (Å²) in [6, 6.07) is 10.7. The number of furan rings is 1. The van der Waals surface area contributed by atoms with Crippen LogP contribution in [0.2, 0.25) is 0 Å². The lowest BCUT2D eigenvalue weighted by Gasteiger charge is -2.08. The monoisotopic (exact) mass is 459 g/mol. The van der Waals surface area contributed by atoms with Crippen LogP contribution in [0.1, 0.15) is 27.4 Å². The highest BCUT2D eigenvalue weighted by Crippen LogP contribution is 2.27. The van der Waals surface area contributed by atoms with E-state index >= 15 is 0 Å². The lowest BCUT2D eigenvalue weighted by Crippen LogP contribution is -2.10. The molecule has 0 aliphatic carbocycles. The number of aromatic nitrogens is 2. The second-order valence-electron chi connectivity index (χ2n) is 7.22. The summed E-state index contributed by atoms with van der Waals surface area (Å²) in [4.78, 5) is 12.4. The Balaban J connectivity index is 1.37. The highest BCUT2D eigenvalue weighted by molar-refractivity contribution is 6.02. The van der Waals surface area contributed by atoms with Gasteiger partial charge >= 0.3 is 0 Å². The van der Waals surface area contributed by atoms with Crippen molar-refractivity contribution in [2.45, 2.75) is 20.1 Å². The fraction of sp³-hybridized carbons (Fsp3) is 0.130. The zero-order chi connectivity index (χ0) is 23.5. The van der Waals surface area contributed by atoms with Gasteiger partial charge in [-0.2, -0.15) is 13.9 Å². The molecule has 0 radical (unpaired) electrons. The molecular weight excluding hydrogens is 442 g/mol. The summed E-state index contributed by atoms with van der Waals surface area (Å²) in [6.45, 7) is 1.95. The van der Waals surface area contributed by atoms with Gasteiger partial charge in [-0.05, 0) is 24.6 Å². The minimum absolute atomic E-state index is 0.0127. The largest absolute Gasteiger partial charge is 0.479 e. The second kappa shape index (κ2) is 9.19. The molecule has 0 bridgehead atoms. The molecule has 170 valence electrons. The number of rotatable bonds is 7. The molecule has 2 aromatic heterocycles. The molecule has 0 aliphatic rings. The summed E-state index contributed by atoms with van der Waals surface area (Å²) in [5, 5.41) is 6.83. The maximum Gasteiger partial charge on any atom is 0.291 e. The van der Waals surface area contributed by atoms with Crippen LogP contribution in [0, 0.1) is 30.2 Å². The Morgan fingerprint density at radius 2 is 1.85 bits per heavy atom. The summed E-state index contributed by atoms with van der Waals surface area (Å²) < 4.78 is 65.6. The minimum Gasteiger partial charge on any atom is -0.479 e. The van der Waals surface area contributed by atoms with Crippen molar-refractivity contribution >= 4 is 11.6 Å². The molecule has 0 fully saturated rings. The number of carbonyl (C=O) groups excluding carboxylic acids is 1. The van der Waals surface area contributed by atoms with Crippen LogP contribution >= 0.6 is 0 Å². The molecule has 0 unspecified atom stereocenters. The first kappa shape index (κ1) is 22.1. The van der Waals surface area contributed by atoms with E-state index in [4.69, 9.17) is 9.15 Å². The number of aryl methyl sites for hydroxylation is 1. The van der Waals surface area contributed by atoms with E-state index in [0.717, 1.165) is 11.1 Å².